The summed E-state index contributed by atoms with van der Waals surface area (Å²) in [6.45, 7) is 2.25. The van der Waals surface area contributed by atoms with E-state index in [1.54, 1.807) is 12.1 Å². The van der Waals surface area contributed by atoms with Crippen molar-refractivity contribution in [2.45, 2.75) is 83.4 Å². The van der Waals surface area contributed by atoms with Gasteiger partial charge in [-0.3, -0.25) is 0 Å². The molecule has 1 aliphatic carbocycles. The number of ether oxygens (including phenoxy) is 1. The summed E-state index contributed by atoms with van der Waals surface area (Å²) in [5.41, 5.74) is 3.59. The van der Waals surface area contributed by atoms with E-state index in [0.29, 0.717) is 17.4 Å². The fraction of sp³-hybridized carbons (Fsp3) is 0.500. The lowest BCUT2D eigenvalue weighted by Crippen LogP contribution is -2.16. The lowest BCUT2D eigenvalue weighted by Gasteiger charge is -2.26. The Morgan fingerprint density at radius 2 is 1.50 bits per heavy atom. The van der Waals surface area contributed by atoms with E-state index >= 15 is 0 Å². The van der Waals surface area contributed by atoms with E-state index in [9.17, 15) is 13.2 Å². The predicted octanol–water partition coefficient (Wildman–Crippen LogP) is 8.42. The maximum absolute atomic E-state index is 12.2. The van der Waals surface area contributed by atoms with Crippen LogP contribution in [0.25, 0.3) is 0 Å². The molecule has 1 aliphatic rings. The highest BCUT2D eigenvalue weighted by Crippen LogP contribution is 2.35. The van der Waals surface area contributed by atoms with Crippen molar-refractivity contribution < 1.29 is 17.9 Å². The highest BCUT2D eigenvalue weighted by molar-refractivity contribution is 5.38. The molecular weight excluding hydrogens is 409 g/mol. The lowest BCUT2D eigenvalue weighted by atomic mass is 9.78. The van der Waals surface area contributed by atoms with Crippen molar-refractivity contribution in [3.63, 3.8) is 0 Å². The number of unbranched alkanes of at least 4 members (excludes halogenated alkanes) is 4. The normalized spacial score (nSPS) is 18.6. The van der Waals surface area contributed by atoms with E-state index in [1.165, 1.54) is 61.8 Å². The minimum absolute atomic E-state index is 0.217. The summed E-state index contributed by atoms with van der Waals surface area (Å²) < 4.78 is 40.6. The molecule has 0 heterocycles. The van der Waals surface area contributed by atoms with E-state index in [4.69, 9.17) is 0 Å². The second-order valence-electron chi connectivity index (χ2n) is 8.80. The van der Waals surface area contributed by atoms with Crippen molar-refractivity contribution in [2.24, 2.45) is 5.92 Å². The van der Waals surface area contributed by atoms with Crippen molar-refractivity contribution in [1.29, 1.82) is 0 Å². The van der Waals surface area contributed by atoms with E-state index < -0.39 is 6.36 Å². The number of rotatable bonds is 8. The monoisotopic (exact) mass is 442 g/mol. The van der Waals surface area contributed by atoms with Crippen LogP contribution >= 0.6 is 0 Å². The van der Waals surface area contributed by atoms with Gasteiger partial charge < -0.3 is 4.74 Å². The number of aryl methyl sites for hydroxylation is 1. The first-order valence-electron chi connectivity index (χ1n) is 11.9. The second kappa shape index (κ2) is 12.0. The van der Waals surface area contributed by atoms with Gasteiger partial charge in [0.15, 0.2) is 0 Å². The summed E-state index contributed by atoms with van der Waals surface area (Å²) in [4.78, 5) is 0. The molecular formula is C28H33F3O. The van der Waals surface area contributed by atoms with Gasteiger partial charge in [-0.2, -0.15) is 0 Å². The quantitative estimate of drug-likeness (QED) is 0.294. The Hall–Kier alpha value is -2.41. The van der Waals surface area contributed by atoms with E-state index in [2.05, 4.69) is 47.8 Å². The van der Waals surface area contributed by atoms with Crippen molar-refractivity contribution in [2.75, 3.05) is 0 Å². The van der Waals surface area contributed by atoms with E-state index in [1.807, 2.05) is 0 Å². The molecule has 1 saturated carbocycles. The summed E-state index contributed by atoms with van der Waals surface area (Å²) in [6.07, 6.45) is 7.48. The molecule has 2 aromatic carbocycles. The summed E-state index contributed by atoms with van der Waals surface area (Å²) in [6, 6.07) is 15.0. The van der Waals surface area contributed by atoms with Crippen molar-refractivity contribution in [1.82, 2.24) is 0 Å². The van der Waals surface area contributed by atoms with Crippen molar-refractivity contribution in [3.8, 4) is 17.6 Å². The molecule has 0 unspecified atom stereocenters. The predicted molar refractivity (Wildman–Crippen MR) is 124 cm³/mol. The van der Waals surface area contributed by atoms with Crippen LogP contribution in [0, 0.1) is 17.8 Å². The van der Waals surface area contributed by atoms with E-state index in [0.717, 1.165) is 25.7 Å². The van der Waals surface area contributed by atoms with Crippen molar-refractivity contribution >= 4 is 0 Å². The molecule has 2 aromatic rings. The third-order valence-electron chi connectivity index (χ3n) is 6.26. The van der Waals surface area contributed by atoms with Crippen LogP contribution in [-0.4, -0.2) is 6.36 Å². The van der Waals surface area contributed by atoms with Crippen LogP contribution in [0.2, 0.25) is 0 Å². The molecule has 0 amide bonds. The Bertz CT molecular complexity index is 864. The maximum atomic E-state index is 12.2. The first-order chi connectivity index (χ1) is 15.4. The first kappa shape index (κ1) is 24.2. The van der Waals surface area contributed by atoms with Crippen LogP contribution in [-0.2, 0) is 6.42 Å². The molecule has 4 heteroatoms. The topological polar surface area (TPSA) is 9.23 Å². The SMILES string of the molecule is CCCCCCCc1ccc(C2CCC(C#Cc3ccc(OC(F)(F)F)cc3)CC2)cc1. The number of hydrogen-bond acceptors (Lipinski definition) is 1. The molecule has 0 radical (unpaired) electrons. The Kier molecular flexibility index (Phi) is 9.09. The van der Waals surface area contributed by atoms with Gasteiger partial charge in [0.2, 0.25) is 0 Å². The second-order valence-corrected chi connectivity index (χ2v) is 8.80. The molecule has 0 aliphatic heterocycles. The lowest BCUT2D eigenvalue weighted by molar-refractivity contribution is -0.274. The Balaban J connectivity index is 1.43. The average molecular weight is 443 g/mol. The zero-order valence-electron chi connectivity index (χ0n) is 18.9. The van der Waals surface area contributed by atoms with Gasteiger partial charge in [-0.25, -0.2) is 0 Å². The van der Waals surface area contributed by atoms with Gasteiger partial charge in [0.05, 0.1) is 0 Å². The highest BCUT2D eigenvalue weighted by atomic mass is 19.4. The third kappa shape index (κ3) is 8.26. The first-order valence-corrected chi connectivity index (χ1v) is 11.9. The van der Waals surface area contributed by atoms with Gasteiger partial charge in [0, 0.05) is 11.5 Å². The van der Waals surface area contributed by atoms with Gasteiger partial charge >= 0.3 is 6.36 Å². The fourth-order valence-corrected chi connectivity index (χ4v) is 4.39. The van der Waals surface area contributed by atoms with Crippen LogP contribution in [0.5, 0.6) is 5.75 Å². The molecule has 32 heavy (non-hydrogen) atoms. The molecule has 172 valence electrons. The number of halogens is 3. The Morgan fingerprint density at radius 1 is 0.844 bits per heavy atom. The maximum Gasteiger partial charge on any atom is 0.573 e. The Labute approximate surface area is 190 Å². The van der Waals surface area contributed by atoms with Crippen LogP contribution in [0.1, 0.15) is 87.3 Å². The number of alkyl halides is 3. The minimum Gasteiger partial charge on any atom is -0.406 e. The molecule has 0 aromatic heterocycles. The summed E-state index contributed by atoms with van der Waals surface area (Å²) >= 11 is 0. The molecule has 1 nitrogen and oxygen atoms in total. The highest BCUT2D eigenvalue weighted by Gasteiger charge is 2.30. The van der Waals surface area contributed by atoms with Crippen molar-refractivity contribution in [3.05, 3.63) is 65.2 Å². The van der Waals surface area contributed by atoms with Crippen LogP contribution < -0.4 is 4.74 Å². The van der Waals surface area contributed by atoms with Gasteiger partial charge in [0.1, 0.15) is 5.75 Å². The van der Waals surface area contributed by atoms with Gasteiger partial charge in [-0.15, -0.1) is 13.2 Å². The summed E-state index contributed by atoms with van der Waals surface area (Å²) in [5.74, 6) is 7.16. The fourth-order valence-electron chi connectivity index (χ4n) is 4.39. The summed E-state index contributed by atoms with van der Waals surface area (Å²) in [7, 11) is 0. The molecule has 3 rings (SSSR count). The zero-order valence-corrected chi connectivity index (χ0v) is 18.9. The Morgan fingerprint density at radius 3 is 2.12 bits per heavy atom. The molecule has 0 saturated heterocycles. The van der Waals surface area contributed by atoms with Crippen LogP contribution in [0.3, 0.4) is 0 Å². The standard InChI is InChI=1S/C28H33F3O/c1-2-3-4-5-6-7-22-10-16-25(17-11-22)26-18-12-23(13-19-26)8-9-24-14-20-27(21-15-24)32-28(29,30)31/h10-11,14-17,20-21,23,26H,2-7,12-13,18-19H2,1H3. The number of hydrogen-bond donors (Lipinski definition) is 0. The molecule has 1 fully saturated rings. The van der Waals surface area contributed by atoms with Crippen LogP contribution in [0.15, 0.2) is 48.5 Å². The molecule has 0 atom stereocenters. The summed E-state index contributed by atoms with van der Waals surface area (Å²) in [5, 5.41) is 0. The zero-order chi connectivity index (χ0) is 22.8. The average Bonchev–Trinajstić information content (AvgIpc) is 2.78. The third-order valence-corrected chi connectivity index (χ3v) is 6.26. The van der Waals surface area contributed by atoms with Crippen LogP contribution in [0.4, 0.5) is 13.2 Å². The number of benzene rings is 2. The smallest absolute Gasteiger partial charge is 0.406 e. The van der Waals surface area contributed by atoms with Gasteiger partial charge in [-0.1, -0.05) is 68.7 Å². The van der Waals surface area contributed by atoms with Gasteiger partial charge in [-0.05, 0) is 79.8 Å². The minimum atomic E-state index is -4.67. The molecule has 0 spiro atoms. The van der Waals surface area contributed by atoms with Gasteiger partial charge in [0.25, 0.3) is 0 Å². The molecule has 0 bridgehead atoms. The largest absolute Gasteiger partial charge is 0.573 e. The van der Waals surface area contributed by atoms with E-state index in [-0.39, 0.29) is 5.75 Å². The molecule has 0 N–H and O–H groups in total.